The minimum absolute atomic E-state index is 0.151. The maximum absolute atomic E-state index is 13.3. The number of amides is 2. The Bertz CT molecular complexity index is 914. The summed E-state index contributed by atoms with van der Waals surface area (Å²) >= 11 is 19.7. The molecule has 0 spiro atoms. The van der Waals surface area contributed by atoms with Crippen molar-refractivity contribution in [2.75, 3.05) is 5.75 Å². The molecule has 31 heavy (non-hydrogen) atoms. The largest absolute Gasteiger partial charge is 0.350 e. The number of halogens is 3. The summed E-state index contributed by atoms with van der Waals surface area (Å²) in [4.78, 5) is 28.8. The van der Waals surface area contributed by atoms with Crippen molar-refractivity contribution in [1.82, 2.24) is 10.2 Å². The van der Waals surface area contributed by atoms with E-state index in [4.69, 9.17) is 34.8 Å². The van der Waals surface area contributed by atoms with Gasteiger partial charge in [0.25, 0.3) is 0 Å². The smallest absolute Gasteiger partial charge is 0.243 e. The fourth-order valence-electron chi connectivity index (χ4n) is 2.96. The summed E-state index contributed by atoms with van der Waals surface area (Å²) in [5.41, 5.74) is 0.327. The number of benzene rings is 2. The Labute approximate surface area is 203 Å². The maximum Gasteiger partial charge on any atom is 0.243 e. The van der Waals surface area contributed by atoms with Crippen LogP contribution in [0.15, 0.2) is 47.4 Å². The zero-order valence-corrected chi connectivity index (χ0v) is 21.1. The molecule has 1 atom stereocenters. The third kappa shape index (κ3) is 8.23. The molecule has 2 rings (SSSR count). The van der Waals surface area contributed by atoms with Gasteiger partial charge in [-0.05, 0) is 69.2 Å². The number of nitrogens with zero attached hydrogens (tertiary/aromatic N) is 1. The van der Waals surface area contributed by atoms with E-state index in [9.17, 15) is 9.59 Å². The van der Waals surface area contributed by atoms with Crippen molar-refractivity contribution in [1.29, 1.82) is 0 Å². The molecule has 4 nitrogen and oxygen atoms in total. The highest BCUT2D eigenvalue weighted by molar-refractivity contribution is 8.00. The lowest BCUT2D eigenvalue weighted by molar-refractivity contribution is -0.140. The third-order valence-electron chi connectivity index (χ3n) is 4.42. The van der Waals surface area contributed by atoms with Gasteiger partial charge < -0.3 is 10.2 Å². The summed E-state index contributed by atoms with van der Waals surface area (Å²) in [7, 11) is 0. The molecule has 2 amide bonds. The molecular weight excluding hydrogens is 475 g/mol. The number of thioether (sulfide) groups is 1. The van der Waals surface area contributed by atoms with E-state index in [0.29, 0.717) is 21.5 Å². The van der Waals surface area contributed by atoms with Crippen LogP contribution in [-0.2, 0) is 16.1 Å². The molecule has 0 saturated heterocycles. The predicted octanol–water partition coefficient (Wildman–Crippen LogP) is 6.46. The van der Waals surface area contributed by atoms with Crippen molar-refractivity contribution in [2.24, 2.45) is 0 Å². The van der Waals surface area contributed by atoms with E-state index in [1.807, 2.05) is 39.8 Å². The molecule has 8 heteroatoms. The van der Waals surface area contributed by atoms with Gasteiger partial charge in [0.2, 0.25) is 11.8 Å². The van der Waals surface area contributed by atoms with Crippen LogP contribution in [0, 0.1) is 0 Å². The average molecular weight is 502 g/mol. The average Bonchev–Trinajstić information content (AvgIpc) is 2.67. The van der Waals surface area contributed by atoms with Gasteiger partial charge in [-0.1, -0.05) is 47.8 Å². The summed E-state index contributed by atoms with van der Waals surface area (Å²) in [5.74, 6) is -0.154. The van der Waals surface area contributed by atoms with Gasteiger partial charge in [0.1, 0.15) is 6.04 Å². The Morgan fingerprint density at radius 1 is 1.03 bits per heavy atom. The van der Waals surface area contributed by atoms with E-state index >= 15 is 0 Å². The molecule has 0 aliphatic rings. The van der Waals surface area contributed by atoms with Crippen LogP contribution in [0.1, 0.15) is 39.7 Å². The number of hydrogen-bond acceptors (Lipinski definition) is 3. The Hall–Kier alpha value is -1.40. The van der Waals surface area contributed by atoms with Crippen LogP contribution in [0.25, 0.3) is 0 Å². The zero-order chi connectivity index (χ0) is 23.2. The molecule has 2 aromatic carbocycles. The molecule has 0 unspecified atom stereocenters. The Morgan fingerprint density at radius 2 is 1.65 bits per heavy atom. The van der Waals surface area contributed by atoms with Crippen LogP contribution in [0.3, 0.4) is 0 Å². The third-order valence-corrected chi connectivity index (χ3v) is 6.25. The Balaban J connectivity index is 2.27. The fourth-order valence-corrected chi connectivity index (χ4v) is 4.34. The number of rotatable bonds is 8. The van der Waals surface area contributed by atoms with Crippen molar-refractivity contribution in [3.05, 3.63) is 63.1 Å². The lowest BCUT2D eigenvalue weighted by atomic mass is 10.1. The van der Waals surface area contributed by atoms with Gasteiger partial charge in [0.15, 0.2) is 0 Å². The van der Waals surface area contributed by atoms with Crippen molar-refractivity contribution >= 4 is 58.4 Å². The van der Waals surface area contributed by atoms with Crippen LogP contribution >= 0.6 is 46.6 Å². The van der Waals surface area contributed by atoms with E-state index < -0.39 is 11.6 Å². The van der Waals surface area contributed by atoms with E-state index in [0.717, 1.165) is 10.5 Å². The first-order valence-electron chi connectivity index (χ1n) is 9.94. The van der Waals surface area contributed by atoms with Gasteiger partial charge >= 0.3 is 0 Å². The van der Waals surface area contributed by atoms with Crippen molar-refractivity contribution < 1.29 is 9.59 Å². The van der Waals surface area contributed by atoms with Crippen LogP contribution in [-0.4, -0.2) is 34.0 Å². The molecule has 0 fully saturated rings. The number of carbonyl (C=O) groups is 2. The zero-order valence-electron chi connectivity index (χ0n) is 18.0. The molecule has 0 saturated carbocycles. The molecule has 0 aliphatic carbocycles. The quantitative estimate of drug-likeness (QED) is 0.422. The molecule has 2 aromatic rings. The monoisotopic (exact) mass is 500 g/mol. The normalized spacial score (nSPS) is 12.4. The van der Waals surface area contributed by atoms with Gasteiger partial charge in [-0.3, -0.25) is 9.59 Å². The van der Waals surface area contributed by atoms with Crippen molar-refractivity contribution in [3.8, 4) is 0 Å². The number of nitrogens with one attached hydrogen (secondary N) is 1. The molecule has 168 valence electrons. The fraction of sp³-hybridized carbons (Fsp3) is 0.391. The second-order valence-electron chi connectivity index (χ2n) is 8.16. The van der Waals surface area contributed by atoms with E-state index in [1.54, 1.807) is 35.2 Å². The predicted molar refractivity (Wildman–Crippen MR) is 131 cm³/mol. The molecule has 1 N–H and O–H groups in total. The first kappa shape index (κ1) is 25.9. The van der Waals surface area contributed by atoms with Gasteiger partial charge in [0, 0.05) is 32.0 Å². The summed E-state index contributed by atoms with van der Waals surface area (Å²) in [5, 5.41) is 4.60. The highest BCUT2D eigenvalue weighted by Crippen LogP contribution is 2.26. The summed E-state index contributed by atoms with van der Waals surface area (Å²) < 4.78 is 0. The molecule has 0 bridgehead atoms. The van der Waals surface area contributed by atoms with E-state index in [-0.39, 0.29) is 24.1 Å². The topological polar surface area (TPSA) is 49.4 Å². The Morgan fingerprint density at radius 3 is 2.19 bits per heavy atom. The highest BCUT2D eigenvalue weighted by atomic mass is 35.5. The first-order valence-corrected chi connectivity index (χ1v) is 12.1. The standard InChI is InChI=1S/C23H27Cl3N2O2S/c1-5-20(22(30)27-23(2,3)4)28(13-15-6-7-17(25)12-19(15)26)21(29)14-31-18-10-8-16(24)9-11-18/h6-12,20H,5,13-14H2,1-4H3,(H,27,30)/t20-/m0/s1. The highest BCUT2D eigenvalue weighted by Gasteiger charge is 2.31. The minimum Gasteiger partial charge on any atom is -0.350 e. The van der Waals surface area contributed by atoms with Gasteiger partial charge in [0.05, 0.1) is 5.75 Å². The lowest BCUT2D eigenvalue weighted by Crippen LogP contribution is -2.53. The SMILES string of the molecule is CC[C@@H](C(=O)NC(C)(C)C)N(Cc1ccc(Cl)cc1Cl)C(=O)CSc1ccc(Cl)cc1. The van der Waals surface area contributed by atoms with Crippen LogP contribution in [0.2, 0.25) is 15.1 Å². The molecule has 0 radical (unpaired) electrons. The molecule has 0 heterocycles. The van der Waals surface area contributed by atoms with Gasteiger partial charge in [-0.2, -0.15) is 0 Å². The molecular formula is C23H27Cl3N2O2S. The molecule has 0 aromatic heterocycles. The van der Waals surface area contributed by atoms with E-state index in [2.05, 4.69) is 5.32 Å². The summed E-state index contributed by atoms with van der Waals surface area (Å²) in [6, 6.07) is 11.8. The van der Waals surface area contributed by atoms with Crippen LogP contribution in [0.4, 0.5) is 0 Å². The van der Waals surface area contributed by atoms with Crippen molar-refractivity contribution in [2.45, 2.75) is 57.1 Å². The molecule has 0 aliphatic heterocycles. The van der Waals surface area contributed by atoms with Gasteiger partial charge in [-0.25, -0.2) is 0 Å². The second kappa shape index (κ2) is 11.5. The second-order valence-corrected chi connectivity index (χ2v) is 10.5. The van der Waals surface area contributed by atoms with Crippen LogP contribution in [0.5, 0.6) is 0 Å². The minimum atomic E-state index is -0.621. The van der Waals surface area contributed by atoms with Gasteiger partial charge in [-0.15, -0.1) is 11.8 Å². The number of carbonyl (C=O) groups excluding carboxylic acids is 2. The Kier molecular flexibility index (Phi) is 9.56. The summed E-state index contributed by atoms with van der Waals surface area (Å²) in [6.07, 6.45) is 0.477. The van der Waals surface area contributed by atoms with Crippen molar-refractivity contribution in [3.63, 3.8) is 0 Å². The number of hydrogen-bond donors (Lipinski definition) is 1. The van der Waals surface area contributed by atoms with Crippen LogP contribution < -0.4 is 5.32 Å². The maximum atomic E-state index is 13.3. The summed E-state index contributed by atoms with van der Waals surface area (Å²) in [6.45, 7) is 7.85. The first-order chi connectivity index (χ1) is 14.5. The van der Waals surface area contributed by atoms with E-state index in [1.165, 1.54) is 11.8 Å². The lowest BCUT2D eigenvalue weighted by Gasteiger charge is -2.33.